The molecule has 7 unspecified atom stereocenters. The van der Waals surface area contributed by atoms with Gasteiger partial charge in [-0.3, -0.25) is 4.79 Å². The first-order chi connectivity index (χ1) is 11.1. The van der Waals surface area contributed by atoms with Gasteiger partial charge in [-0.25, -0.2) is 0 Å². The summed E-state index contributed by atoms with van der Waals surface area (Å²) in [6.45, 7) is 8.09. The number of carbonyl (C=O) groups is 1. The van der Waals surface area contributed by atoms with Crippen LogP contribution < -0.4 is 0 Å². The molecule has 0 aromatic rings. The van der Waals surface area contributed by atoms with Crippen molar-refractivity contribution < 1.29 is 20.1 Å². The quantitative estimate of drug-likeness (QED) is 0.639. The molecule has 0 heterocycles. The Bertz CT molecular complexity index is 661. The summed E-state index contributed by atoms with van der Waals surface area (Å²) in [7, 11) is 0. The molecule has 3 N–H and O–H groups in total. The lowest BCUT2D eigenvalue weighted by Gasteiger charge is -2.43. The monoisotopic (exact) mass is 332 g/mol. The molecule has 0 bridgehead atoms. The minimum Gasteiger partial charge on any atom is -0.393 e. The van der Waals surface area contributed by atoms with Gasteiger partial charge < -0.3 is 15.3 Å². The summed E-state index contributed by atoms with van der Waals surface area (Å²) in [4.78, 5) is 12.7. The number of ketones is 1. The standard InChI is InChI=1S/C20H28O4/c1-9-5-13-14-10(2)17(22)16-15(19(16,3)4)12(14)6-11(8-21)7-20(13,24)18(9)23/h5-6,10,12-17,21-22,24H,7-8H2,1-4H3/t10-,12?,13?,14?,15?,16?,17?,20?/m0/s1. The normalized spacial score (nSPS) is 51.8. The second-order valence-corrected chi connectivity index (χ2v) is 9.17. The number of hydrogen-bond acceptors (Lipinski definition) is 4. The Morgan fingerprint density at radius 2 is 1.92 bits per heavy atom. The molecule has 4 nitrogen and oxygen atoms in total. The van der Waals surface area contributed by atoms with E-state index in [0.29, 0.717) is 11.5 Å². The van der Waals surface area contributed by atoms with E-state index in [1.807, 2.05) is 6.08 Å². The summed E-state index contributed by atoms with van der Waals surface area (Å²) in [6.07, 6.45) is 3.84. The highest BCUT2D eigenvalue weighted by atomic mass is 16.3. The van der Waals surface area contributed by atoms with Crippen molar-refractivity contribution >= 4 is 5.78 Å². The van der Waals surface area contributed by atoms with Crippen LogP contribution in [0.2, 0.25) is 0 Å². The van der Waals surface area contributed by atoms with E-state index in [9.17, 15) is 20.1 Å². The molecule has 2 saturated carbocycles. The van der Waals surface area contributed by atoms with Gasteiger partial charge in [0.15, 0.2) is 5.78 Å². The highest BCUT2D eigenvalue weighted by molar-refractivity contribution is 6.04. The third-order valence-electron chi connectivity index (χ3n) is 7.64. The summed E-state index contributed by atoms with van der Waals surface area (Å²) < 4.78 is 0. The van der Waals surface area contributed by atoms with Crippen LogP contribution in [0.5, 0.6) is 0 Å². The average molecular weight is 332 g/mol. The van der Waals surface area contributed by atoms with E-state index in [1.54, 1.807) is 6.92 Å². The van der Waals surface area contributed by atoms with Gasteiger partial charge in [-0.1, -0.05) is 32.9 Å². The highest BCUT2D eigenvalue weighted by Gasteiger charge is 2.71. The molecular formula is C20H28O4. The summed E-state index contributed by atoms with van der Waals surface area (Å²) in [6, 6.07) is 0. The number of aliphatic hydroxyl groups is 3. The summed E-state index contributed by atoms with van der Waals surface area (Å²) in [5, 5.41) is 31.9. The van der Waals surface area contributed by atoms with E-state index in [2.05, 4.69) is 26.8 Å². The Morgan fingerprint density at radius 3 is 2.54 bits per heavy atom. The van der Waals surface area contributed by atoms with E-state index in [4.69, 9.17) is 0 Å². The van der Waals surface area contributed by atoms with Gasteiger partial charge >= 0.3 is 0 Å². The van der Waals surface area contributed by atoms with Gasteiger partial charge in [0.05, 0.1) is 12.7 Å². The van der Waals surface area contributed by atoms with Crippen LogP contribution in [0.15, 0.2) is 23.3 Å². The van der Waals surface area contributed by atoms with Crippen LogP contribution >= 0.6 is 0 Å². The maximum absolute atomic E-state index is 12.7. The molecule has 8 atom stereocenters. The fraction of sp³-hybridized carbons (Fsp3) is 0.750. The molecule has 0 aliphatic heterocycles. The fourth-order valence-corrected chi connectivity index (χ4v) is 6.42. The van der Waals surface area contributed by atoms with Crippen LogP contribution in [-0.2, 0) is 4.79 Å². The van der Waals surface area contributed by atoms with Crippen molar-refractivity contribution in [3.8, 4) is 0 Å². The van der Waals surface area contributed by atoms with Crippen molar-refractivity contribution in [1.29, 1.82) is 0 Å². The molecule has 0 spiro atoms. The zero-order chi connectivity index (χ0) is 17.6. The second-order valence-electron chi connectivity index (χ2n) is 9.17. The minimum absolute atomic E-state index is 0.0128. The summed E-state index contributed by atoms with van der Waals surface area (Å²) in [5.74, 6) is 0.348. The molecule has 0 saturated heterocycles. The third-order valence-corrected chi connectivity index (χ3v) is 7.64. The Labute approximate surface area is 143 Å². The number of allylic oxidation sites excluding steroid dienone is 1. The lowest BCUT2D eigenvalue weighted by molar-refractivity contribution is -0.140. The van der Waals surface area contributed by atoms with Gasteiger partial charge in [-0.15, -0.1) is 0 Å². The third kappa shape index (κ3) is 1.82. The zero-order valence-corrected chi connectivity index (χ0v) is 14.9. The summed E-state index contributed by atoms with van der Waals surface area (Å²) in [5.41, 5.74) is -0.0258. The molecule has 0 aromatic heterocycles. The van der Waals surface area contributed by atoms with Gasteiger partial charge in [0.1, 0.15) is 5.60 Å². The SMILES string of the molecule is CC1=CC2C3C(C=C(CO)CC2(O)C1=O)C1C(C(O)[C@H]3C)C1(C)C. The molecule has 4 aliphatic rings. The Hall–Kier alpha value is -0.970. The van der Waals surface area contributed by atoms with E-state index in [0.717, 1.165) is 5.57 Å². The number of fused-ring (bicyclic) bond motifs is 5. The highest BCUT2D eigenvalue weighted by Crippen LogP contribution is 2.71. The van der Waals surface area contributed by atoms with Crippen LogP contribution in [0.1, 0.15) is 34.1 Å². The maximum Gasteiger partial charge on any atom is 0.190 e. The number of aliphatic hydroxyl groups excluding tert-OH is 2. The molecule has 24 heavy (non-hydrogen) atoms. The molecule has 2 fully saturated rings. The topological polar surface area (TPSA) is 77.8 Å². The van der Waals surface area contributed by atoms with Crippen LogP contribution in [0, 0.1) is 40.9 Å². The number of rotatable bonds is 1. The molecule has 4 aliphatic carbocycles. The Kier molecular flexibility index (Phi) is 3.30. The molecule has 4 rings (SSSR count). The van der Waals surface area contributed by atoms with Crippen molar-refractivity contribution in [3.05, 3.63) is 23.3 Å². The van der Waals surface area contributed by atoms with E-state index >= 15 is 0 Å². The zero-order valence-electron chi connectivity index (χ0n) is 14.9. The van der Waals surface area contributed by atoms with Crippen LogP contribution in [0.25, 0.3) is 0 Å². The Morgan fingerprint density at radius 1 is 1.25 bits per heavy atom. The maximum atomic E-state index is 12.7. The lowest BCUT2D eigenvalue weighted by Crippen LogP contribution is -2.50. The van der Waals surface area contributed by atoms with Gasteiger partial charge in [0.2, 0.25) is 0 Å². The predicted octanol–water partition coefficient (Wildman–Crippen LogP) is 1.70. The predicted molar refractivity (Wildman–Crippen MR) is 89.9 cm³/mol. The molecule has 0 aromatic carbocycles. The number of carbonyl (C=O) groups excluding carboxylic acids is 1. The summed E-state index contributed by atoms with van der Waals surface area (Å²) >= 11 is 0. The van der Waals surface area contributed by atoms with E-state index in [-0.39, 0.29) is 53.8 Å². The van der Waals surface area contributed by atoms with Crippen molar-refractivity contribution in [1.82, 2.24) is 0 Å². The van der Waals surface area contributed by atoms with Gasteiger partial charge in [-0.05, 0) is 53.1 Å². The lowest BCUT2D eigenvalue weighted by atomic mass is 9.63. The fourth-order valence-electron chi connectivity index (χ4n) is 6.42. The van der Waals surface area contributed by atoms with Gasteiger partial charge in [0, 0.05) is 12.3 Å². The minimum atomic E-state index is -1.46. The Balaban J connectivity index is 1.86. The number of hydrogen-bond donors (Lipinski definition) is 3. The largest absolute Gasteiger partial charge is 0.393 e. The first-order valence-electron chi connectivity index (χ1n) is 9.08. The number of Topliss-reactive ketones (excluding diaryl/α,β-unsaturated/α-hetero) is 1. The van der Waals surface area contributed by atoms with Gasteiger partial charge in [-0.2, -0.15) is 0 Å². The van der Waals surface area contributed by atoms with Crippen molar-refractivity contribution in [2.24, 2.45) is 40.9 Å². The molecule has 132 valence electrons. The van der Waals surface area contributed by atoms with Crippen LogP contribution in [0.4, 0.5) is 0 Å². The average Bonchev–Trinajstić information content (AvgIpc) is 3.07. The van der Waals surface area contributed by atoms with Crippen molar-refractivity contribution in [2.45, 2.75) is 45.8 Å². The molecular weight excluding hydrogens is 304 g/mol. The van der Waals surface area contributed by atoms with E-state index in [1.165, 1.54) is 0 Å². The molecule has 0 radical (unpaired) electrons. The van der Waals surface area contributed by atoms with Crippen LogP contribution in [0.3, 0.4) is 0 Å². The smallest absolute Gasteiger partial charge is 0.190 e. The molecule has 0 amide bonds. The van der Waals surface area contributed by atoms with Gasteiger partial charge in [0.25, 0.3) is 0 Å². The second kappa shape index (κ2) is 4.80. The van der Waals surface area contributed by atoms with E-state index < -0.39 is 11.7 Å². The van der Waals surface area contributed by atoms with Crippen molar-refractivity contribution in [3.63, 3.8) is 0 Å². The first kappa shape index (κ1) is 16.5. The van der Waals surface area contributed by atoms with Crippen LogP contribution in [-0.4, -0.2) is 39.4 Å². The molecule has 4 heteroatoms. The van der Waals surface area contributed by atoms with Crippen molar-refractivity contribution in [2.75, 3.05) is 6.61 Å². The first-order valence-corrected chi connectivity index (χ1v) is 9.08.